The van der Waals surface area contributed by atoms with Gasteiger partial charge in [0, 0.05) is 7.11 Å². The third kappa shape index (κ3) is 3.70. The standard InChI is InChI=1S/C12H15NO2/c1-10(8-14-2)15-9-12-6-4-3-5-11(12)7-13/h3-6,10H,8-9H2,1-2H3. The van der Waals surface area contributed by atoms with Crippen molar-refractivity contribution >= 4 is 0 Å². The lowest BCUT2D eigenvalue weighted by Gasteiger charge is -2.12. The molecule has 3 nitrogen and oxygen atoms in total. The molecule has 0 saturated carbocycles. The second kappa shape index (κ2) is 6.18. The highest BCUT2D eigenvalue weighted by Crippen LogP contribution is 2.09. The Labute approximate surface area is 90.2 Å². The number of ether oxygens (including phenoxy) is 2. The third-order valence-electron chi connectivity index (χ3n) is 2.06. The van der Waals surface area contributed by atoms with Gasteiger partial charge in [0.2, 0.25) is 0 Å². The van der Waals surface area contributed by atoms with Gasteiger partial charge in [0.05, 0.1) is 31.0 Å². The Bertz CT molecular complexity index is 344. The SMILES string of the molecule is COCC(C)OCc1ccccc1C#N. The molecular weight excluding hydrogens is 190 g/mol. The minimum atomic E-state index is 0.0433. The molecule has 80 valence electrons. The molecule has 1 aromatic rings. The summed E-state index contributed by atoms with van der Waals surface area (Å²) < 4.78 is 10.5. The van der Waals surface area contributed by atoms with Crippen LogP contribution in [0, 0.1) is 11.3 Å². The first-order valence-electron chi connectivity index (χ1n) is 4.86. The molecule has 0 fully saturated rings. The summed E-state index contributed by atoms with van der Waals surface area (Å²) >= 11 is 0. The number of nitriles is 1. The molecule has 15 heavy (non-hydrogen) atoms. The maximum Gasteiger partial charge on any atom is 0.0995 e. The van der Waals surface area contributed by atoms with E-state index in [1.165, 1.54) is 0 Å². The first kappa shape index (κ1) is 11.7. The van der Waals surface area contributed by atoms with Crippen molar-refractivity contribution in [3.8, 4) is 6.07 Å². The third-order valence-corrected chi connectivity index (χ3v) is 2.06. The predicted octanol–water partition coefficient (Wildman–Crippen LogP) is 2.11. The molecule has 0 aliphatic rings. The topological polar surface area (TPSA) is 42.2 Å². The number of methoxy groups -OCH3 is 1. The lowest BCUT2D eigenvalue weighted by molar-refractivity contribution is -0.000198. The van der Waals surface area contributed by atoms with Crippen LogP contribution in [0.1, 0.15) is 18.1 Å². The number of benzene rings is 1. The van der Waals surface area contributed by atoms with Gasteiger partial charge in [-0.1, -0.05) is 18.2 Å². The fourth-order valence-electron chi connectivity index (χ4n) is 1.27. The molecule has 0 amide bonds. The molecule has 1 aromatic carbocycles. The van der Waals surface area contributed by atoms with E-state index in [1.807, 2.05) is 25.1 Å². The van der Waals surface area contributed by atoms with Crippen LogP contribution in [0.4, 0.5) is 0 Å². The van der Waals surface area contributed by atoms with Crippen molar-refractivity contribution in [2.45, 2.75) is 19.6 Å². The first-order valence-corrected chi connectivity index (χ1v) is 4.86. The molecule has 1 atom stereocenters. The van der Waals surface area contributed by atoms with Crippen molar-refractivity contribution in [2.24, 2.45) is 0 Å². The van der Waals surface area contributed by atoms with Gasteiger partial charge in [-0.2, -0.15) is 5.26 Å². The molecule has 1 rings (SSSR count). The average Bonchev–Trinajstić information content (AvgIpc) is 2.27. The molecule has 0 radical (unpaired) electrons. The molecule has 0 spiro atoms. The first-order chi connectivity index (χ1) is 7.27. The molecule has 0 aliphatic heterocycles. The van der Waals surface area contributed by atoms with Crippen molar-refractivity contribution in [3.05, 3.63) is 35.4 Å². The van der Waals surface area contributed by atoms with Gasteiger partial charge >= 0.3 is 0 Å². The highest BCUT2D eigenvalue weighted by molar-refractivity contribution is 5.36. The molecule has 0 heterocycles. The van der Waals surface area contributed by atoms with E-state index in [4.69, 9.17) is 14.7 Å². The molecule has 0 saturated heterocycles. The Hall–Kier alpha value is -1.37. The van der Waals surface area contributed by atoms with Crippen LogP contribution in [0.3, 0.4) is 0 Å². The van der Waals surface area contributed by atoms with Gasteiger partial charge in [0.25, 0.3) is 0 Å². The van der Waals surface area contributed by atoms with Crippen molar-refractivity contribution in [1.82, 2.24) is 0 Å². The van der Waals surface area contributed by atoms with E-state index >= 15 is 0 Å². The number of hydrogen-bond donors (Lipinski definition) is 0. The number of rotatable bonds is 5. The van der Waals surface area contributed by atoms with E-state index in [2.05, 4.69) is 6.07 Å². The smallest absolute Gasteiger partial charge is 0.0995 e. The second-order valence-electron chi connectivity index (χ2n) is 3.35. The Balaban J connectivity index is 2.54. The normalized spacial score (nSPS) is 12.1. The van der Waals surface area contributed by atoms with Gasteiger partial charge in [0.1, 0.15) is 0 Å². The lowest BCUT2D eigenvalue weighted by atomic mass is 10.1. The van der Waals surface area contributed by atoms with E-state index < -0.39 is 0 Å². The van der Waals surface area contributed by atoms with E-state index in [0.29, 0.717) is 18.8 Å². The van der Waals surface area contributed by atoms with Crippen LogP contribution < -0.4 is 0 Å². The van der Waals surface area contributed by atoms with Crippen LogP contribution in [-0.4, -0.2) is 19.8 Å². The van der Waals surface area contributed by atoms with Crippen LogP contribution in [0.25, 0.3) is 0 Å². The second-order valence-corrected chi connectivity index (χ2v) is 3.35. The summed E-state index contributed by atoms with van der Waals surface area (Å²) in [6, 6.07) is 9.58. The minimum absolute atomic E-state index is 0.0433. The average molecular weight is 205 g/mol. The molecule has 0 aromatic heterocycles. The van der Waals surface area contributed by atoms with Crippen molar-refractivity contribution in [1.29, 1.82) is 5.26 Å². The fraction of sp³-hybridized carbons (Fsp3) is 0.417. The van der Waals surface area contributed by atoms with Gasteiger partial charge in [0.15, 0.2) is 0 Å². The molecule has 0 bridgehead atoms. The molecule has 3 heteroatoms. The molecule has 1 unspecified atom stereocenters. The zero-order valence-electron chi connectivity index (χ0n) is 9.06. The number of nitrogens with zero attached hydrogens (tertiary/aromatic N) is 1. The Morgan fingerprint density at radius 1 is 1.40 bits per heavy atom. The highest BCUT2D eigenvalue weighted by atomic mass is 16.5. The van der Waals surface area contributed by atoms with Gasteiger partial charge in [-0.25, -0.2) is 0 Å². The minimum Gasteiger partial charge on any atom is -0.382 e. The summed E-state index contributed by atoms with van der Waals surface area (Å²) in [5.41, 5.74) is 1.59. The Morgan fingerprint density at radius 3 is 2.80 bits per heavy atom. The summed E-state index contributed by atoms with van der Waals surface area (Å²) in [4.78, 5) is 0. The largest absolute Gasteiger partial charge is 0.382 e. The van der Waals surface area contributed by atoms with E-state index in [1.54, 1.807) is 13.2 Å². The summed E-state index contributed by atoms with van der Waals surface area (Å²) in [6.45, 7) is 2.96. The maximum atomic E-state index is 8.86. The van der Waals surface area contributed by atoms with Crippen LogP contribution in [-0.2, 0) is 16.1 Å². The summed E-state index contributed by atoms with van der Waals surface area (Å²) in [7, 11) is 1.64. The quantitative estimate of drug-likeness (QED) is 0.739. The highest BCUT2D eigenvalue weighted by Gasteiger charge is 2.04. The van der Waals surface area contributed by atoms with Gasteiger partial charge in [-0.05, 0) is 18.6 Å². The predicted molar refractivity (Wildman–Crippen MR) is 57.3 cm³/mol. The summed E-state index contributed by atoms with van der Waals surface area (Å²) in [5, 5.41) is 8.86. The van der Waals surface area contributed by atoms with E-state index in [0.717, 1.165) is 5.56 Å². The maximum absolute atomic E-state index is 8.86. The molecule has 0 aliphatic carbocycles. The van der Waals surface area contributed by atoms with Crippen molar-refractivity contribution in [2.75, 3.05) is 13.7 Å². The summed E-state index contributed by atoms with van der Waals surface area (Å²) in [6.07, 6.45) is 0.0433. The van der Waals surface area contributed by atoms with Crippen LogP contribution in [0.5, 0.6) is 0 Å². The summed E-state index contributed by atoms with van der Waals surface area (Å²) in [5.74, 6) is 0. The molecule has 0 N–H and O–H groups in total. The van der Waals surface area contributed by atoms with Crippen LogP contribution >= 0.6 is 0 Å². The van der Waals surface area contributed by atoms with E-state index in [-0.39, 0.29) is 6.10 Å². The monoisotopic (exact) mass is 205 g/mol. The van der Waals surface area contributed by atoms with Crippen molar-refractivity contribution in [3.63, 3.8) is 0 Å². The fourth-order valence-corrected chi connectivity index (χ4v) is 1.27. The zero-order chi connectivity index (χ0) is 11.1. The van der Waals surface area contributed by atoms with Gasteiger partial charge < -0.3 is 9.47 Å². The Morgan fingerprint density at radius 2 is 2.13 bits per heavy atom. The van der Waals surface area contributed by atoms with Crippen LogP contribution in [0.2, 0.25) is 0 Å². The van der Waals surface area contributed by atoms with Crippen molar-refractivity contribution < 1.29 is 9.47 Å². The van der Waals surface area contributed by atoms with Crippen LogP contribution in [0.15, 0.2) is 24.3 Å². The van der Waals surface area contributed by atoms with Gasteiger partial charge in [-0.15, -0.1) is 0 Å². The zero-order valence-corrected chi connectivity index (χ0v) is 9.06. The molecular formula is C12H15NO2. The lowest BCUT2D eigenvalue weighted by Crippen LogP contribution is -2.14. The number of hydrogen-bond acceptors (Lipinski definition) is 3. The van der Waals surface area contributed by atoms with E-state index in [9.17, 15) is 0 Å². The van der Waals surface area contributed by atoms with Gasteiger partial charge in [-0.3, -0.25) is 0 Å². The Kier molecular flexibility index (Phi) is 4.82.